The van der Waals surface area contributed by atoms with Gasteiger partial charge in [0.15, 0.2) is 0 Å². The van der Waals surface area contributed by atoms with E-state index in [4.69, 9.17) is 9.47 Å². The number of hydrogen-bond acceptors (Lipinski definition) is 10. The van der Waals surface area contributed by atoms with E-state index < -0.39 is 23.6 Å². The Bertz CT molecular complexity index is 2260. The molecule has 0 radical (unpaired) electrons. The molecule has 14 heteroatoms. The fraction of sp³-hybridized carbons (Fsp3) is 0.538. The van der Waals surface area contributed by atoms with Crippen molar-refractivity contribution >= 4 is 101 Å². The number of esters is 2. The van der Waals surface area contributed by atoms with Crippen molar-refractivity contribution in [3.05, 3.63) is 65.2 Å². The SMILES string of the molecule is CCCCCCc1cc(-c2cc3c4c(c(-c5cc(CCCCCC)c(Br)s5)cc5c4c2C(=O)N(CCCCCCOC(=O)CC)C5=O)C(=O)N(CCCCCCOC(=O)CC)C3=O)sc1Br. The van der Waals surface area contributed by atoms with E-state index in [-0.39, 0.29) is 25.0 Å². The summed E-state index contributed by atoms with van der Waals surface area (Å²) in [5.41, 5.74) is 4.74. The summed E-state index contributed by atoms with van der Waals surface area (Å²) in [5, 5.41) is 0.746. The molecular weight excluding hydrogens is 1000 g/mol. The average molecular weight is 1070 g/mol. The maximum absolute atomic E-state index is 15.1. The van der Waals surface area contributed by atoms with Crippen molar-refractivity contribution < 1.29 is 38.2 Å². The lowest BCUT2D eigenvalue weighted by atomic mass is 9.80. The molecule has 0 spiro atoms. The van der Waals surface area contributed by atoms with Crippen LogP contribution in [0.1, 0.15) is 196 Å². The van der Waals surface area contributed by atoms with Crippen LogP contribution in [-0.2, 0) is 31.9 Å². The molecule has 0 N–H and O–H groups in total. The summed E-state index contributed by atoms with van der Waals surface area (Å²) in [7, 11) is 0. The number of nitrogens with zero attached hydrogens (tertiary/aromatic N) is 2. The molecule has 4 amide bonds. The Hall–Kier alpha value is -3.72. The molecule has 356 valence electrons. The van der Waals surface area contributed by atoms with Crippen LogP contribution in [-0.4, -0.2) is 71.7 Å². The van der Waals surface area contributed by atoms with Gasteiger partial charge in [-0.25, -0.2) is 0 Å². The van der Waals surface area contributed by atoms with Gasteiger partial charge in [0.25, 0.3) is 23.6 Å². The molecule has 10 nitrogen and oxygen atoms in total. The Morgan fingerprint density at radius 1 is 0.485 bits per heavy atom. The number of carbonyl (C=O) groups is 6. The van der Waals surface area contributed by atoms with Gasteiger partial charge < -0.3 is 9.47 Å². The fourth-order valence-electron chi connectivity index (χ4n) is 8.89. The minimum Gasteiger partial charge on any atom is -0.466 e. The lowest BCUT2D eigenvalue weighted by molar-refractivity contribution is -0.144. The molecule has 0 unspecified atom stereocenters. The van der Waals surface area contributed by atoms with Crippen LogP contribution in [0.2, 0.25) is 0 Å². The molecule has 0 aliphatic carbocycles. The summed E-state index contributed by atoms with van der Waals surface area (Å²) in [6, 6.07) is 7.84. The molecule has 2 aromatic heterocycles. The Balaban J connectivity index is 1.45. The van der Waals surface area contributed by atoms with Crippen LogP contribution in [0.15, 0.2) is 31.8 Å². The van der Waals surface area contributed by atoms with Crippen LogP contribution < -0.4 is 0 Å². The number of imide groups is 2. The van der Waals surface area contributed by atoms with Gasteiger partial charge in [-0.05, 0) is 131 Å². The smallest absolute Gasteiger partial charge is 0.305 e. The van der Waals surface area contributed by atoms with E-state index in [2.05, 4.69) is 57.8 Å². The normalized spacial score (nSPS) is 13.4. The second kappa shape index (κ2) is 25.1. The largest absolute Gasteiger partial charge is 0.466 e. The number of rotatable bonds is 28. The zero-order valence-electron chi connectivity index (χ0n) is 39.0. The maximum atomic E-state index is 15.1. The highest BCUT2D eigenvalue weighted by Gasteiger charge is 2.43. The quantitative estimate of drug-likeness (QED) is 0.0313. The zero-order chi connectivity index (χ0) is 47.3. The highest BCUT2D eigenvalue weighted by molar-refractivity contribution is 9.11. The number of hydrogen-bond donors (Lipinski definition) is 0. The first kappa shape index (κ1) is 51.7. The second-order valence-corrected chi connectivity index (χ2v) is 22.1. The molecule has 0 saturated carbocycles. The van der Waals surface area contributed by atoms with E-state index in [0.717, 1.165) is 118 Å². The summed E-state index contributed by atoms with van der Waals surface area (Å²) < 4.78 is 12.4. The number of unbranched alkanes of at least 4 members (excludes halogenated alkanes) is 12. The van der Waals surface area contributed by atoms with E-state index in [1.165, 1.54) is 32.5 Å². The minimum atomic E-state index is -0.438. The molecule has 66 heavy (non-hydrogen) atoms. The summed E-state index contributed by atoms with van der Waals surface area (Å²) in [5.74, 6) is -2.20. The second-order valence-electron chi connectivity index (χ2n) is 17.4. The Labute approximate surface area is 414 Å². The zero-order valence-corrected chi connectivity index (χ0v) is 43.8. The third-order valence-corrected chi connectivity index (χ3v) is 16.6. The summed E-state index contributed by atoms with van der Waals surface area (Å²) in [6.45, 7) is 8.97. The highest BCUT2D eigenvalue weighted by atomic mass is 79.9. The number of amides is 4. The lowest BCUT2D eigenvalue weighted by Gasteiger charge is -2.34. The highest BCUT2D eigenvalue weighted by Crippen LogP contribution is 2.49. The molecule has 2 aliphatic heterocycles. The van der Waals surface area contributed by atoms with Crippen molar-refractivity contribution in [2.24, 2.45) is 0 Å². The molecule has 0 saturated heterocycles. The van der Waals surface area contributed by atoms with Crippen LogP contribution in [0.5, 0.6) is 0 Å². The molecule has 2 aliphatic rings. The predicted molar refractivity (Wildman–Crippen MR) is 272 cm³/mol. The lowest BCUT2D eigenvalue weighted by Crippen LogP contribution is -2.44. The monoisotopic (exact) mass is 1070 g/mol. The Morgan fingerprint density at radius 3 is 1.24 bits per heavy atom. The summed E-state index contributed by atoms with van der Waals surface area (Å²) in [6.07, 6.45) is 16.7. The van der Waals surface area contributed by atoms with Crippen LogP contribution >= 0.6 is 54.5 Å². The fourth-order valence-corrected chi connectivity index (χ4v) is 12.5. The number of ether oxygens (including phenoxy) is 2. The van der Waals surface area contributed by atoms with Gasteiger partial charge >= 0.3 is 11.9 Å². The van der Waals surface area contributed by atoms with E-state index in [9.17, 15) is 19.2 Å². The first-order valence-electron chi connectivity index (χ1n) is 24.2. The van der Waals surface area contributed by atoms with E-state index in [1.807, 2.05) is 12.1 Å². The number of halogens is 2. The van der Waals surface area contributed by atoms with Crippen molar-refractivity contribution in [1.29, 1.82) is 0 Å². The number of carbonyl (C=O) groups excluding carboxylic acids is 6. The first-order chi connectivity index (χ1) is 31.9. The molecule has 6 rings (SSSR count). The first-order valence-corrected chi connectivity index (χ1v) is 27.5. The Morgan fingerprint density at radius 2 is 0.864 bits per heavy atom. The van der Waals surface area contributed by atoms with Crippen molar-refractivity contribution in [3.63, 3.8) is 0 Å². The van der Waals surface area contributed by atoms with Crippen LogP contribution in [0.4, 0.5) is 0 Å². The third-order valence-electron chi connectivity index (χ3n) is 12.6. The van der Waals surface area contributed by atoms with E-state index >= 15 is 9.59 Å². The van der Waals surface area contributed by atoms with Gasteiger partial charge in [0, 0.05) is 68.7 Å². The van der Waals surface area contributed by atoms with Crippen molar-refractivity contribution in [1.82, 2.24) is 9.80 Å². The van der Waals surface area contributed by atoms with Gasteiger partial charge in [-0.2, -0.15) is 0 Å². The summed E-state index contributed by atoms with van der Waals surface area (Å²) >= 11 is 10.7. The van der Waals surface area contributed by atoms with E-state index in [0.29, 0.717) is 95.9 Å². The molecule has 4 heterocycles. The maximum Gasteiger partial charge on any atom is 0.305 e. The van der Waals surface area contributed by atoms with Crippen molar-refractivity contribution in [2.45, 2.75) is 156 Å². The van der Waals surface area contributed by atoms with Gasteiger partial charge in [-0.1, -0.05) is 79.1 Å². The Kier molecular flexibility index (Phi) is 19.6. The molecule has 0 bridgehead atoms. The number of thiophene rings is 2. The topological polar surface area (TPSA) is 127 Å². The van der Waals surface area contributed by atoms with Crippen LogP contribution in [0.25, 0.3) is 31.7 Å². The number of aryl methyl sites for hydroxylation is 2. The van der Waals surface area contributed by atoms with Crippen LogP contribution in [0, 0.1) is 0 Å². The molecule has 0 fully saturated rings. The molecule has 4 aromatic rings. The van der Waals surface area contributed by atoms with E-state index in [1.54, 1.807) is 13.8 Å². The van der Waals surface area contributed by atoms with Gasteiger partial charge in [0.2, 0.25) is 0 Å². The predicted octanol–water partition coefficient (Wildman–Crippen LogP) is 14.3. The standard InChI is InChI=1S/C52H64Br2N2O8S2/c1-5-9-11-17-23-33-29-39(65-47(33)53)35-31-37-44-43-38(50(60)55(51(61)45(35)43)25-19-13-15-21-27-63-41(57)7-3)32-36(40-30-34(48(54)66-40)24-18-12-10-6-2)46(44)52(62)56(49(37)59)26-20-14-16-22-28-64-42(58)8-4/h29-32H,5-28H2,1-4H3. The third kappa shape index (κ3) is 12.1. The van der Waals surface area contributed by atoms with Crippen LogP contribution in [0.3, 0.4) is 0 Å². The van der Waals surface area contributed by atoms with Gasteiger partial charge in [-0.3, -0.25) is 38.6 Å². The van der Waals surface area contributed by atoms with Gasteiger partial charge in [0.1, 0.15) is 0 Å². The summed E-state index contributed by atoms with van der Waals surface area (Å²) in [4.78, 5) is 87.5. The minimum absolute atomic E-state index is 0.196. The van der Waals surface area contributed by atoms with Crippen molar-refractivity contribution in [3.8, 4) is 20.9 Å². The van der Waals surface area contributed by atoms with Gasteiger partial charge in [0.05, 0.1) is 31.9 Å². The average Bonchev–Trinajstić information content (AvgIpc) is 3.88. The molecule has 0 atom stereocenters. The van der Waals surface area contributed by atoms with Crippen molar-refractivity contribution in [2.75, 3.05) is 26.3 Å². The van der Waals surface area contributed by atoms with Gasteiger partial charge in [-0.15, -0.1) is 22.7 Å². The number of benzene rings is 2. The molecular formula is C52H64Br2N2O8S2. The molecule has 2 aromatic carbocycles.